The number of rotatable bonds is 3. The van der Waals surface area contributed by atoms with E-state index in [0.29, 0.717) is 30.0 Å². The number of hydrogen-bond donors (Lipinski definition) is 1. The number of allylic oxidation sites excluding steroid dienone is 2. The molecule has 0 heterocycles. The summed E-state index contributed by atoms with van der Waals surface area (Å²) in [5.74, 6) is 1.68. The summed E-state index contributed by atoms with van der Waals surface area (Å²) in [6.45, 7) is 4.22. The highest BCUT2D eigenvalue weighted by Gasteiger charge is 2.61. The Balaban J connectivity index is 1.86. The van der Waals surface area contributed by atoms with Crippen molar-refractivity contribution in [3.63, 3.8) is 0 Å². The van der Waals surface area contributed by atoms with Crippen molar-refractivity contribution in [1.82, 2.24) is 0 Å². The van der Waals surface area contributed by atoms with Gasteiger partial charge in [-0.05, 0) is 73.5 Å². The van der Waals surface area contributed by atoms with Crippen molar-refractivity contribution in [1.29, 1.82) is 0 Å². The molecule has 4 aliphatic rings. The largest absolute Gasteiger partial charge is 0.385 e. The van der Waals surface area contributed by atoms with Crippen molar-refractivity contribution >= 4 is 5.78 Å². The van der Waals surface area contributed by atoms with E-state index < -0.39 is 5.60 Å². The van der Waals surface area contributed by atoms with Crippen molar-refractivity contribution in [2.45, 2.75) is 70.8 Å². The fourth-order valence-electron chi connectivity index (χ4n) is 5.81. The quantitative estimate of drug-likeness (QED) is 0.853. The van der Waals surface area contributed by atoms with Gasteiger partial charge in [0.1, 0.15) is 0 Å². The van der Waals surface area contributed by atoms with Crippen LogP contribution in [0.4, 0.5) is 0 Å². The molecule has 2 heteroatoms. The smallest absolute Gasteiger partial charge is 0.159 e. The third kappa shape index (κ3) is 1.66. The molecule has 0 aromatic rings. The molecule has 0 amide bonds. The zero-order chi connectivity index (χ0) is 14.8. The number of unbranched alkanes of at least 4 members (excludes halogenated alkanes) is 1. The summed E-state index contributed by atoms with van der Waals surface area (Å²) in [6, 6.07) is 0. The van der Waals surface area contributed by atoms with E-state index in [1.54, 1.807) is 0 Å². The van der Waals surface area contributed by atoms with Gasteiger partial charge < -0.3 is 5.11 Å². The molecule has 2 saturated carbocycles. The summed E-state index contributed by atoms with van der Waals surface area (Å²) in [4.78, 5) is 12.1. The van der Waals surface area contributed by atoms with Gasteiger partial charge in [-0.2, -0.15) is 0 Å². The molecule has 0 unspecified atom stereocenters. The summed E-state index contributed by atoms with van der Waals surface area (Å²) in [5, 5.41) is 11.5. The van der Waals surface area contributed by atoms with Crippen LogP contribution < -0.4 is 0 Å². The highest BCUT2D eigenvalue weighted by molar-refractivity contribution is 6.00. The van der Waals surface area contributed by atoms with Gasteiger partial charge in [0.2, 0.25) is 0 Å². The number of hydrogen-bond acceptors (Lipinski definition) is 2. The minimum Gasteiger partial charge on any atom is -0.385 e. The Hall–Kier alpha value is -0.890. The molecule has 4 atom stereocenters. The zero-order valence-electron chi connectivity index (χ0n) is 13.2. The predicted octanol–water partition coefficient (Wildman–Crippen LogP) is 3.94. The molecule has 0 bridgehead atoms. The summed E-state index contributed by atoms with van der Waals surface area (Å²) >= 11 is 0. The fraction of sp³-hybridized carbons (Fsp3) is 0.737. The van der Waals surface area contributed by atoms with Crippen molar-refractivity contribution in [2.75, 3.05) is 0 Å². The molecular weight excluding hydrogens is 260 g/mol. The van der Waals surface area contributed by atoms with Crippen molar-refractivity contribution in [3.05, 3.63) is 22.3 Å². The van der Waals surface area contributed by atoms with E-state index >= 15 is 0 Å². The van der Waals surface area contributed by atoms with Crippen LogP contribution in [0.3, 0.4) is 0 Å². The van der Waals surface area contributed by atoms with Crippen LogP contribution in [0, 0.1) is 17.8 Å². The number of fused-ring (bicyclic) bond motifs is 5. The molecule has 4 rings (SSSR count). The normalized spacial score (nSPS) is 41.1. The van der Waals surface area contributed by atoms with Gasteiger partial charge in [-0.3, -0.25) is 4.79 Å². The Bertz CT molecular complexity index is 568. The molecule has 1 N–H and O–H groups in total. The van der Waals surface area contributed by atoms with Gasteiger partial charge in [-0.25, -0.2) is 0 Å². The Kier molecular flexibility index (Phi) is 2.98. The van der Waals surface area contributed by atoms with Gasteiger partial charge in [-0.1, -0.05) is 25.3 Å². The topological polar surface area (TPSA) is 37.3 Å². The first-order valence-electron chi connectivity index (χ1n) is 8.78. The third-order valence-corrected chi connectivity index (χ3v) is 6.62. The Morgan fingerprint density at radius 3 is 2.90 bits per heavy atom. The van der Waals surface area contributed by atoms with E-state index in [-0.39, 0.29) is 0 Å². The lowest BCUT2D eigenvalue weighted by atomic mass is 9.82. The highest BCUT2D eigenvalue weighted by atomic mass is 16.3. The first-order chi connectivity index (χ1) is 10.1. The van der Waals surface area contributed by atoms with Crippen LogP contribution in [0.2, 0.25) is 0 Å². The zero-order valence-corrected chi connectivity index (χ0v) is 13.2. The van der Waals surface area contributed by atoms with Gasteiger partial charge in [0.05, 0.1) is 5.60 Å². The standard InChI is InChI=1S/C19H26O2/c1-3-4-6-14-13-7-5-8-15(13)19(21)10-12-9-16(20)11(2)17(12)18(14)19/h12-13,15,21H,3-10H2,1-2H3/t12-,13-,15-,19-/m1/s1. The van der Waals surface area contributed by atoms with E-state index in [0.717, 1.165) is 18.4 Å². The van der Waals surface area contributed by atoms with E-state index in [4.69, 9.17) is 0 Å². The number of aliphatic hydroxyl groups is 1. The first kappa shape index (κ1) is 13.8. The lowest BCUT2D eigenvalue weighted by Gasteiger charge is -2.29. The fourth-order valence-corrected chi connectivity index (χ4v) is 5.81. The average molecular weight is 286 g/mol. The highest BCUT2D eigenvalue weighted by Crippen LogP contribution is 2.64. The molecule has 0 spiro atoms. The minimum absolute atomic E-state index is 0.315. The van der Waals surface area contributed by atoms with Gasteiger partial charge in [0.25, 0.3) is 0 Å². The van der Waals surface area contributed by atoms with Crippen LogP contribution in [0.1, 0.15) is 65.2 Å². The van der Waals surface area contributed by atoms with Gasteiger partial charge in [0.15, 0.2) is 5.78 Å². The van der Waals surface area contributed by atoms with Crippen LogP contribution in [0.25, 0.3) is 0 Å². The average Bonchev–Trinajstić information content (AvgIpc) is 3.12. The maximum Gasteiger partial charge on any atom is 0.159 e. The van der Waals surface area contributed by atoms with E-state index in [2.05, 4.69) is 6.92 Å². The van der Waals surface area contributed by atoms with Gasteiger partial charge in [0, 0.05) is 6.42 Å². The SMILES string of the molecule is CCCCC1=C2C3=C(C)C(=O)C[C@@H]3C[C@@]2(O)[C@@H]2CCC[C@H]12. The maximum atomic E-state index is 12.1. The molecule has 0 aromatic carbocycles. The lowest BCUT2D eigenvalue weighted by Crippen LogP contribution is -2.34. The molecule has 0 aliphatic heterocycles. The van der Waals surface area contributed by atoms with Gasteiger partial charge in [-0.15, -0.1) is 0 Å². The van der Waals surface area contributed by atoms with Crippen LogP contribution in [0.5, 0.6) is 0 Å². The van der Waals surface area contributed by atoms with Crippen molar-refractivity contribution < 1.29 is 9.90 Å². The molecule has 4 aliphatic carbocycles. The number of ketones is 1. The summed E-state index contributed by atoms with van der Waals surface area (Å²) in [5.41, 5.74) is 4.42. The Morgan fingerprint density at radius 2 is 2.14 bits per heavy atom. The Labute approximate surface area is 127 Å². The summed E-state index contributed by atoms with van der Waals surface area (Å²) in [7, 11) is 0. The van der Waals surface area contributed by atoms with E-state index in [9.17, 15) is 9.90 Å². The lowest BCUT2D eigenvalue weighted by molar-refractivity contribution is -0.115. The van der Waals surface area contributed by atoms with Crippen LogP contribution in [-0.4, -0.2) is 16.5 Å². The molecular formula is C19H26O2. The molecule has 0 saturated heterocycles. The molecule has 0 radical (unpaired) electrons. The second-order valence-corrected chi connectivity index (χ2v) is 7.64. The third-order valence-electron chi connectivity index (χ3n) is 6.62. The summed E-state index contributed by atoms with van der Waals surface area (Å²) in [6.07, 6.45) is 8.70. The van der Waals surface area contributed by atoms with E-state index in [1.165, 1.54) is 48.8 Å². The first-order valence-corrected chi connectivity index (χ1v) is 8.78. The maximum absolute atomic E-state index is 12.1. The van der Waals surface area contributed by atoms with Crippen LogP contribution in [0.15, 0.2) is 22.3 Å². The number of carbonyl (C=O) groups excluding carboxylic acids is 1. The second-order valence-electron chi connectivity index (χ2n) is 7.64. The molecule has 2 fully saturated rings. The minimum atomic E-state index is -0.591. The molecule has 0 aromatic heterocycles. The van der Waals surface area contributed by atoms with Crippen LogP contribution >= 0.6 is 0 Å². The number of carbonyl (C=O) groups is 1. The number of Topliss-reactive ketones (excluding diaryl/α,β-unsaturated/α-hetero) is 1. The summed E-state index contributed by atoms with van der Waals surface area (Å²) < 4.78 is 0. The second kappa shape index (κ2) is 4.55. The molecule has 114 valence electrons. The molecule has 21 heavy (non-hydrogen) atoms. The van der Waals surface area contributed by atoms with Crippen molar-refractivity contribution in [3.8, 4) is 0 Å². The van der Waals surface area contributed by atoms with Gasteiger partial charge >= 0.3 is 0 Å². The van der Waals surface area contributed by atoms with Crippen molar-refractivity contribution in [2.24, 2.45) is 17.8 Å². The van der Waals surface area contributed by atoms with E-state index in [1.807, 2.05) is 6.92 Å². The monoisotopic (exact) mass is 286 g/mol. The predicted molar refractivity (Wildman–Crippen MR) is 82.8 cm³/mol. The molecule has 2 nitrogen and oxygen atoms in total. The van der Waals surface area contributed by atoms with Crippen LogP contribution in [-0.2, 0) is 4.79 Å². The Morgan fingerprint density at radius 1 is 1.33 bits per heavy atom.